The van der Waals surface area contributed by atoms with Crippen molar-refractivity contribution in [1.29, 1.82) is 0 Å². The monoisotopic (exact) mass is 323 g/mol. The molecule has 22 heavy (non-hydrogen) atoms. The Balaban J connectivity index is 2.30. The molecule has 7 nitrogen and oxygen atoms in total. The fraction of sp³-hybridized carbons (Fsp3) is 0.286. The van der Waals surface area contributed by atoms with Crippen molar-refractivity contribution in [3.8, 4) is 5.75 Å². The van der Waals surface area contributed by atoms with Crippen LogP contribution in [0, 0.1) is 13.8 Å². The van der Waals surface area contributed by atoms with Crippen LogP contribution in [0.5, 0.6) is 5.75 Å². The topological polar surface area (TPSA) is 90.3 Å². The average Bonchev–Trinajstić information content (AvgIpc) is 2.78. The highest BCUT2D eigenvalue weighted by Crippen LogP contribution is 2.21. The van der Waals surface area contributed by atoms with E-state index in [0.29, 0.717) is 17.0 Å². The van der Waals surface area contributed by atoms with Crippen LogP contribution in [0.3, 0.4) is 0 Å². The zero-order valence-corrected chi connectivity index (χ0v) is 13.6. The second-order valence-corrected chi connectivity index (χ2v) is 6.52. The molecular formula is C14H17N3O4S. The Bertz CT molecular complexity index is 825. The first-order valence-electron chi connectivity index (χ1n) is 6.46. The van der Waals surface area contributed by atoms with E-state index in [-0.39, 0.29) is 10.5 Å². The van der Waals surface area contributed by atoms with Crippen LogP contribution in [0.25, 0.3) is 0 Å². The summed E-state index contributed by atoms with van der Waals surface area (Å²) in [6, 6.07) is 4.38. The van der Waals surface area contributed by atoms with Crippen LogP contribution in [0.15, 0.2) is 29.3 Å². The number of rotatable bonds is 4. The van der Waals surface area contributed by atoms with Crippen molar-refractivity contribution in [2.45, 2.75) is 18.7 Å². The first-order chi connectivity index (χ1) is 10.3. The highest BCUT2D eigenvalue weighted by molar-refractivity contribution is 7.90. The lowest BCUT2D eigenvalue weighted by Gasteiger charge is -2.09. The molecule has 0 atom stereocenters. The zero-order valence-electron chi connectivity index (χ0n) is 12.7. The Hall–Kier alpha value is -2.35. The minimum absolute atomic E-state index is 0.000642. The van der Waals surface area contributed by atoms with E-state index in [9.17, 15) is 13.2 Å². The summed E-state index contributed by atoms with van der Waals surface area (Å²) in [6.07, 6.45) is 1.33. The Morgan fingerprint density at radius 3 is 2.50 bits per heavy atom. The van der Waals surface area contributed by atoms with Gasteiger partial charge < -0.3 is 4.74 Å². The maximum atomic E-state index is 12.3. The predicted octanol–water partition coefficient (Wildman–Crippen LogP) is 1.16. The van der Waals surface area contributed by atoms with Crippen LogP contribution in [0.2, 0.25) is 0 Å². The number of carbonyl (C=O) groups is 1. The second-order valence-electron chi connectivity index (χ2n) is 4.83. The number of benzene rings is 1. The predicted molar refractivity (Wildman–Crippen MR) is 80.3 cm³/mol. The summed E-state index contributed by atoms with van der Waals surface area (Å²) in [6.45, 7) is 3.41. The molecule has 2 rings (SSSR count). The standard InChI is InChI=1S/C14H17N3O4S/c1-9-7-11(5-6-13(9)21-4)22(19,20)16-14(18)12-8-15-17(3)10(12)2/h5-8H,1-4H3,(H,16,18). The molecule has 1 aromatic carbocycles. The third-order valence-electron chi connectivity index (χ3n) is 3.38. The molecule has 0 saturated heterocycles. The van der Waals surface area contributed by atoms with Gasteiger partial charge in [0.15, 0.2) is 0 Å². The number of carbonyl (C=O) groups excluding carboxylic acids is 1. The van der Waals surface area contributed by atoms with Crippen molar-refractivity contribution in [3.63, 3.8) is 0 Å². The van der Waals surface area contributed by atoms with E-state index in [4.69, 9.17) is 4.74 Å². The van der Waals surface area contributed by atoms with Crippen molar-refractivity contribution in [2.75, 3.05) is 7.11 Å². The number of sulfonamides is 1. The summed E-state index contributed by atoms with van der Waals surface area (Å²) < 4.78 is 33.2. The first-order valence-corrected chi connectivity index (χ1v) is 7.95. The van der Waals surface area contributed by atoms with Gasteiger partial charge in [0.05, 0.1) is 23.8 Å². The summed E-state index contributed by atoms with van der Waals surface area (Å²) in [4.78, 5) is 12.1. The molecule has 0 spiro atoms. The minimum atomic E-state index is -3.95. The second kappa shape index (κ2) is 5.80. The van der Waals surface area contributed by atoms with Gasteiger partial charge in [0.2, 0.25) is 0 Å². The quantitative estimate of drug-likeness (QED) is 0.912. The lowest BCUT2D eigenvalue weighted by atomic mass is 10.2. The molecule has 0 saturated carbocycles. The average molecular weight is 323 g/mol. The largest absolute Gasteiger partial charge is 0.496 e. The molecule has 2 aromatic rings. The fourth-order valence-electron chi connectivity index (χ4n) is 1.98. The Morgan fingerprint density at radius 1 is 1.32 bits per heavy atom. The van der Waals surface area contributed by atoms with E-state index < -0.39 is 15.9 Å². The molecule has 1 heterocycles. The molecule has 0 bridgehead atoms. The molecule has 0 radical (unpaired) electrons. The van der Waals surface area contributed by atoms with Crippen LogP contribution in [0.1, 0.15) is 21.6 Å². The number of aromatic nitrogens is 2. The maximum absolute atomic E-state index is 12.3. The molecule has 8 heteroatoms. The summed E-state index contributed by atoms with van der Waals surface area (Å²) in [5, 5.41) is 3.92. The molecule has 1 aromatic heterocycles. The van der Waals surface area contributed by atoms with E-state index in [1.165, 1.54) is 30.1 Å². The number of nitrogens with zero attached hydrogens (tertiary/aromatic N) is 2. The summed E-state index contributed by atoms with van der Waals surface area (Å²) >= 11 is 0. The number of ether oxygens (including phenoxy) is 1. The van der Waals surface area contributed by atoms with E-state index in [1.54, 1.807) is 27.0 Å². The van der Waals surface area contributed by atoms with Gasteiger partial charge in [-0.25, -0.2) is 13.1 Å². The van der Waals surface area contributed by atoms with Crippen LogP contribution < -0.4 is 9.46 Å². The molecule has 1 amide bonds. The number of amides is 1. The molecular weight excluding hydrogens is 306 g/mol. The van der Waals surface area contributed by atoms with Crippen LogP contribution >= 0.6 is 0 Å². The molecule has 118 valence electrons. The molecule has 0 aliphatic heterocycles. The zero-order chi connectivity index (χ0) is 16.5. The molecule has 0 aliphatic carbocycles. The lowest BCUT2D eigenvalue weighted by Crippen LogP contribution is -2.31. The van der Waals surface area contributed by atoms with Crippen molar-refractivity contribution >= 4 is 15.9 Å². The smallest absolute Gasteiger partial charge is 0.268 e. The summed E-state index contributed by atoms with van der Waals surface area (Å²) in [7, 11) is -0.777. The van der Waals surface area contributed by atoms with Crippen LogP contribution in [-0.4, -0.2) is 31.2 Å². The lowest BCUT2D eigenvalue weighted by molar-refractivity contribution is 0.0980. The fourth-order valence-corrected chi connectivity index (χ4v) is 3.03. The molecule has 0 aliphatic rings. The van der Waals surface area contributed by atoms with E-state index in [1.807, 2.05) is 4.72 Å². The van der Waals surface area contributed by atoms with Gasteiger partial charge in [0, 0.05) is 12.7 Å². The van der Waals surface area contributed by atoms with Crippen molar-refractivity contribution in [2.24, 2.45) is 7.05 Å². The SMILES string of the molecule is COc1ccc(S(=O)(=O)NC(=O)c2cnn(C)c2C)cc1C. The number of methoxy groups -OCH3 is 1. The van der Waals surface area contributed by atoms with Gasteiger partial charge in [0.1, 0.15) is 5.75 Å². The minimum Gasteiger partial charge on any atom is -0.496 e. The van der Waals surface area contributed by atoms with Gasteiger partial charge in [-0.15, -0.1) is 0 Å². The van der Waals surface area contributed by atoms with Crippen molar-refractivity contribution < 1.29 is 17.9 Å². The summed E-state index contributed by atoms with van der Waals surface area (Å²) in [5.41, 5.74) is 1.46. The molecule has 1 N–H and O–H groups in total. The highest BCUT2D eigenvalue weighted by Gasteiger charge is 2.22. The molecule has 0 fully saturated rings. The Morgan fingerprint density at radius 2 is 2.00 bits per heavy atom. The van der Waals surface area contributed by atoms with Gasteiger partial charge in [-0.1, -0.05) is 0 Å². The van der Waals surface area contributed by atoms with Gasteiger partial charge in [-0.2, -0.15) is 5.10 Å². The number of hydrogen-bond acceptors (Lipinski definition) is 5. The van der Waals surface area contributed by atoms with E-state index >= 15 is 0 Å². The number of nitrogens with one attached hydrogen (secondary N) is 1. The van der Waals surface area contributed by atoms with Gasteiger partial charge in [-0.3, -0.25) is 9.48 Å². The van der Waals surface area contributed by atoms with Gasteiger partial charge in [0.25, 0.3) is 15.9 Å². The number of aryl methyl sites for hydroxylation is 2. The van der Waals surface area contributed by atoms with Gasteiger partial charge >= 0.3 is 0 Å². The first kappa shape index (κ1) is 16.0. The van der Waals surface area contributed by atoms with Crippen LogP contribution in [0.4, 0.5) is 0 Å². The highest BCUT2D eigenvalue weighted by atomic mass is 32.2. The van der Waals surface area contributed by atoms with Crippen molar-refractivity contribution in [1.82, 2.24) is 14.5 Å². The van der Waals surface area contributed by atoms with E-state index in [0.717, 1.165) is 0 Å². The Labute approximate surface area is 129 Å². The van der Waals surface area contributed by atoms with E-state index in [2.05, 4.69) is 5.10 Å². The van der Waals surface area contributed by atoms with Gasteiger partial charge in [-0.05, 0) is 37.6 Å². The number of hydrogen-bond donors (Lipinski definition) is 1. The van der Waals surface area contributed by atoms with Crippen LogP contribution in [-0.2, 0) is 17.1 Å². The molecule has 0 unspecified atom stereocenters. The summed E-state index contributed by atoms with van der Waals surface area (Å²) in [5.74, 6) is -0.132. The Kier molecular flexibility index (Phi) is 4.23. The van der Waals surface area contributed by atoms with Crippen molar-refractivity contribution in [3.05, 3.63) is 41.2 Å². The third kappa shape index (κ3) is 2.96. The normalized spacial score (nSPS) is 11.3. The maximum Gasteiger partial charge on any atom is 0.268 e. The third-order valence-corrected chi connectivity index (χ3v) is 4.71.